The van der Waals surface area contributed by atoms with E-state index in [-0.39, 0.29) is 25.2 Å². The Hall–Kier alpha value is -2.12. The predicted molar refractivity (Wildman–Crippen MR) is 65.9 cm³/mol. The fourth-order valence-electron chi connectivity index (χ4n) is 1.23. The van der Waals surface area contributed by atoms with Gasteiger partial charge in [0.15, 0.2) is 0 Å². The molecule has 0 bridgehead atoms. The van der Waals surface area contributed by atoms with Crippen molar-refractivity contribution in [3.63, 3.8) is 0 Å². The second kappa shape index (κ2) is 8.06. The molecule has 2 atom stereocenters. The molecule has 0 heterocycles. The van der Waals surface area contributed by atoms with Crippen LogP contribution in [0.15, 0.2) is 0 Å². The van der Waals surface area contributed by atoms with E-state index in [0.717, 1.165) is 0 Å². The van der Waals surface area contributed by atoms with Gasteiger partial charge in [0.2, 0.25) is 17.7 Å². The second-order valence-corrected chi connectivity index (χ2v) is 4.04. The molecule has 8 heteroatoms. The average Bonchev–Trinajstić information content (AvgIpc) is 2.33. The fraction of sp³-hybridized carbons (Fsp3) is 0.636. The lowest BCUT2D eigenvalue weighted by atomic mass is 10.1. The number of hydrogen-bond acceptors (Lipinski definition) is 4. The maximum absolute atomic E-state index is 11.4. The van der Waals surface area contributed by atoms with Crippen LogP contribution in [-0.4, -0.2) is 40.9 Å². The van der Waals surface area contributed by atoms with Crippen LogP contribution in [0.1, 0.15) is 33.1 Å². The van der Waals surface area contributed by atoms with Gasteiger partial charge in [-0.25, -0.2) is 0 Å². The number of amides is 3. The minimum absolute atomic E-state index is 0.0270. The van der Waals surface area contributed by atoms with Crippen molar-refractivity contribution >= 4 is 23.7 Å². The lowest BCUT2D eigenvalue weighted by Gasteiger charge is -2.15. The number of carboxylic acids is 1. The van der Waals surface area contributed by atoms with Gasteiger partial charge in [0.1, 0.15) is 12.1 Å². The summed E-state index contributed by atoms with van der Waals surface area (Å²) in [5.74, 6) is -2.75. The van der Waals surface area contributed by atoms with Gasteiger partial charge < -0.3 is 21.5 Å². The summed E-state index contributed by atoms with van der Waals surface area (Å²) in [4.78, 5) is 44.1. The van der Waals surface area contributed by atoms with Gasteiger partial charge in [-0.2, -0.15) is 0 Å². The maximum Gasteiger partial charge on any atom is 0.325 e. The second-order valence-electron chi connectivity index (χ2n) is 4.04. The highest BCUT2D eigenvalue weighted by molar-refractivity contribution is 5.87. The number of primary amides is 1. The summed E-state index contributed by atoms with van der Waals surface area (Å²) in [6.07, 6.45) is 0.125. The molecule has 108 valence electrons. The number of hydrogen-bond donors (Lipinski definition) is 4. The van der Waals surface area contributed by atoms with Crippen LogP contribution in [-0.2, 0) is 19.2 Å². The van der Waals surface area contributed by atoms with Gasteiger partial charge in [-0.15, -0.1) is 0 Å². The minimum atomic E-state index is -1.15. The third kappa shape index (κ3) is 7.02. The fourth-order valence-corrected chi connectivity index (χ4v) is 1.23. The molecule has 0 rings (SSSR count). The van der Waals surface area contributed by atoms with E-state index in [1.54, 1.807) is 6.92 Å². The van der Waals surface area contributed by atoms with E-state index in [0.29, 0.717) is 0 Å². The molecule has 0 aromatic rings. The van der Waals surface area contributed by atoms with Crippen LogP contribution >= 0.6 is 0 Å². The number of nitrogens with one attached hydrogen (secondary N) is 2. The van der Waals surface area contributed by atoms with E-state index < -0.39 is 29.9 Å². The zero-order valence-electron chi connectivity index (χ0n) is 10.9. The summed E-state index contributed by atoms with van der Waals surface area (Å²) in [7, 11) is 0. The number of rotatable bonds is 8. The summed E-state index contributed by atoms with van der Waals surface area (Å²) in [6.45, 7) is 2.94. The molecule has 0 fully saturated rings. The predicted octanol–water partition coefficient (Wildman–Crippen LogP) is -1.26. The Balaban J connectivity index is 4.25. The summed E-state index contributed by atoms with van der Waals surface area (Å²) >= 11 is 0. The molecule has 5 N–H and O–H groups in total. The van der Waals surface area contributed by atoms with Gasteiger partial charge in [-0.05, 0) is 13.3 Å². The van der Waals surface area contributed by atoms with Gasteiger partial charge in [-0.3, -0.25) is 19.2 Å². The van der Waals surface area contributed by atoms with Gasteiger partial charge >= 0.3 is 5.97 Å². The molecule has 19 heavy (non-hydrogen) atoms. The molecule has 0 saturated heterocycles. The van der Waals surface area contributed by atoms with E-state index in [2.05, 4.69) is 10.6 Å². The first-order valence-corrected chi connectivity index (χ1v) is 5.88. The third-order valence-electron chi connectivity index (χ3n) is 2.41. The van der Waals surface area contributed by atoms with Crippen molar-refractivity contribution < 1.29 is 24.3 Å². The van der Waals surface area contributed by atoms with Crippen LogP contribution in [0, 0.1) is 0 Å². The Bertz CT molecular complexity index is 369. The Morgan fingerprint density at radius 3 is 2.16 bits per heavy atom. The lowest BCUT2D eigenvalue weighted by Crippen LogP contribution is -2.45. The van der Waals surface area contributed by atoms with Crippen LogP contribution in [0.25, 0.3) is 0 Å². The van der Waals surface area contributed by atoms with E-state index in [9.17, 15) is 19.2 Å². The van der Waals surface area contributed by atoms with Gasteiger partial charge in [0.05, 0.1) is 0 Å². The van der Waals surface area contributed by atoms with E-state index in [1.165, 1.54) is 6.92 Å². The summed E-state index contributed by atoms with van der Waals surface area (Å²) < 4.78 is 0. The topological polar surface area (TPSA) is 139 Å². The van der Waals surface area contributed by atoms with Crippen molar-refractivity contribution in [2.45, 2.75) is 45.2 Å². The quantitative estimate of drug-likeness (QED) is 0.437. The van der Waals surface area contributed by atoms with Crippen LogP contribution < -0.4 is 16.4 Å². The maximum atomic E-state index is 11.4. The standard InChI is InChI=1S/C11H19N3O5/c1-3-8(15)14-7(10(12)17)4-5-9(16)13-6(2)11(18)19/h6-7H,3-5H2,1-2H3,(H2,12,17)(H,13,16)(H,14,15)(H,18,19)/t6-,7+/m0/s1. The number of aliphatic carboxylic acids is 1. The van der Waals surface area contributed by atoms with Crippen molar-refractivity contribution in [3.05, 3.63) is 0 Å². The number of carbonyl (C=O) groups excluding carboxylic acids is 3. The molecule has 0 saturated carbocycles. The molecule has 0 aromatic carbocycles. The molecule has 0 aromatic heterocycles. The van der Waals surface area contributed by atoms with Crippen molar-refractivity contribution in [2.24, 2.45) is 5.73 Å². The summed E-state index contributed by atoms with van der Waals surface area (Å²) in [6, 6.07) is -1.94. The van der Waals surface area contributed by atoms with E-state index in [4.69, 9.17) is 10.8 Å². The molecule has 0 aliphatic rings. The highest BCUT2D eigenvalue weighted by Gasteiger charge is 2.20. The van der Waals surface area contributed by atoms with Gasteiger partial charge in [0, 0.05) is 12.8 Å². The van der Waals surface area contributed by atoms with Gasteiger partial charge in [0.25, 0.3) is 0 Å². The Kier molecular flexibility index (Phi) is 7.16. The van der Waals surface area contributed by atoms with Crippen LogP contribution in [0.2, 0.25) is 0 Å². The first-order chi connectivity index (χ1) is 8.77. The molecular weight excluding hydrogens is 254 g/mol. The van der Waals surface area contributed by atoms with Crippen molar-refractivity contribution in [1.82, 2.24) is 10.6 Å². The van der Waals surface area contributed by atoms with Crippen LogP contribution in [0.3, 0.4) is 0 Å². The summed E-state index contributed by atoms with van der Waals surface area (Å²) in [5, 5.41) is 13.2. The molecule has 0 aliphatic carbocycles. The number of carboxylic acid groups (broad SMARTS) is 1. The minimum Gasteiger partial charge on any atom is -0.480 e. The van der Waals surface area contributed by atoms with Crippen LogP contribution in [0.5, 0.6) is 0 Å². The zero-order chi connectivity index (χ0) is 15.0. The Morgan fingerprint density at radius 2 is 1.74 bits per heavy atom. The van der Waals surface area contributed by atoms with Gasteiger partial charge in [-0.1, -0.05) is 6.92 Å². The average molecular weight is 273 g/mol. The van der Waals surface area contributed by atoms with Crippen molar-refractivity contribution in [3.8, 4) is 0 Å². The largest absolute Gasteiger partial charge is 0.480 e. The molecular formula is C11H19N3O5. The highest BCUT2D eigenvalue weighted by atomic mass is 16.4. The normalized spacial score (nSPS) is 13.2. The molecule has 0 spiro atoms. The third-order valence-corrected chi connectivity index (χ3v) is 2.41. The smallest absolute Gasteiger partial charge is 0.325 e. The van der Waals surface area contributed by atoms with Crippen LogP contribution in [0.4, 0.5) is 0 Å². The molecule has 8 nitrogen and oxygen atoms in total. The van der Waals surface area contributed by atoms with E-state index >= 15 is 0 Å². The first-order valence-electron chi connectivity index (χ1n) is 5.88. The highest BCUT2D eigenvalue weighted by Crippen LogP contribution is 1.99. The monoisotopic (exact) mass is 273 g/mol. The van der Waals surface area contributed by atoms with E-state index in [1.807, 2.05) is 0 Å². The number of carbonyl (C=O) groups is 4. The lowest BCUT2D eigenvalue weighted by molar-refractivity contribution is -0.141. The zero-order valence-corrected chi connectivity index (χ0v) is 10.9. The Morgan fingerprint density at radius 1 is 1.16 bits per heavy atom. The SMILES string of the molecule is CCC(=O)N[C@H](CCC(=O)N[C@@H](C)C(=O)O)C(N)=O. The number of nitrogens with two attached hydrogens (primary N) is 1. The molecule has 0 radical (unpaired) electrons. The Labute approximate surface area is 110 Å². The van der Waals surface area contributed by atoms with Crippen molar-refractivity contribution in [1.29, 1.82) is 0 Å². The molecule has 3 amide bonds. The first kappa shape index (κ1) is 16.9. The molecule has 0 unspecified atom stereocenters. The van der Waals surface area contributed by atoms with Crippen molar-refractivity contribution in [2.75, 3.05) is 0 Å². The molecule has 0 aliphatic heterocycles. The summed E-state index contributed by atoms with van der Waals surface area (Å²) in [5.41, 5.74) is 5.10.